The maximum Gasteiger partial charge on any atom is 0.283 e. The van der Waals surface area contributed by atoms with Gasteiger partial charge in [-0.25, -0.2) is 4.68 Å². The Hall–Kier alpha value is -1.63. The number of hydrogen-bond acceptors (Lipinski definition) is 5. The van der Waals surface area contributed by atoms with E-state index < -0.39 is 0 Å². The Labute approximate surface area is 112 Å². The summed E-state index contributed by atoms with van der Waals surface area (Å²) in [6, 6.07) is 1.76. The summed E-state index contributed by atoms with van der Waals surface area (Å²) in [5, 5.41) is 11.0. The lowest BCUT2D eigenvalue weighted by Gasteiger charge is -2.08. The molecule has 96 valence electrons. The second-order valence-corrected chi connectivity index (χ2v) is 4.54. The van der Waals surface area contributed by atoms with Gasteiger partial charge in [0.25, 0.3) is 5.56 Å². The highest BCUT2D eigenvalue weighted by Gasteiger charge is 2.08. The molecule has 0 atom stereocenters. The first-order chi connectivity index (χ1) is 8.72. The Bertz CT molecular complexity index is 565. The van der Waals surface area contributed by atoms with Gasteiger partial charge in [0.15, 0.2) is 0 Å². The monoisotopic (exact) mass is 312 g/mol. The molecule has 0 aliphatic heterocycles. The van der Waals surface area contributed by atoms with Gasteiger partial charge in [0, 0.05) is 12.6 Å². The largest absolute Gasteiger partial charge is 0.377 e. The quantitative estimate of drug-likeness (QED) is 0.914. The first-order valence-electron chi connectivity index (χ1n) is 5.61. The summed E-state index contributed by atoms with van der Waals surface area (Å²) >= 11 is 3.29. The minimum absolute atomic E-state index is 0.137. The molecule has 0 aromatic carbocycles. The third kappa shape index (κ3) is 2.79. The summed E-state index contributed by atoms with van der Waals surface area (Å²) in [4.78, 5) is 11.9. The third-order valence-corrected chi connectivity index (χ3v) is 3.14. The van der Waals surface area contributed by atoms with Gasteiger partial charge in [-0.2, -0.15) is 5.10 Å². The van der Waals surface area contributed by atoms with Crippen LogP contribution in [0.4, 0.5) is 5.69 Å². The van der Waals surface area contributed by atoms with Crippen LogP contribution in [-0.2, 0) is 13.1 Å². The molecule has 7 heteroatoms. The number of halogens is 1. The number of rotatable bonds is 5. The van der Waals surface area contributed by atoms with Gasteiger partial charge in [-0.05, 0) is 22.4 Å². The van der Waals surface area contributed by atoms with Crippen molar-refractivity contribution in [2.75, 3.05) is 5.32 Å². The van der Waals surface area contributed by atoms with Crippen LogP contribution in [0.1, 0.15) is 19.0 Å². The van der Waals surface area contributed by atoms with Gasteiger partial charge in [-0.1, -0.05) is 12.1 Å². The molecule has 2 aromatic rings. The highest BCUT2D eigenvalue weighted by molar-refractivity contribution is 9.10. The maximum atomic E-state index is 11.9. The van der Waals surface area contributed by atoms with Crippen molar-refractivity contribution in [3.63, 3.8) is 0 Å². The standard InChI is InChI=1S/C11H13BrN4O2/c1-2-4-16-11(17)10(12)9(7-14-16)13-6-8-3-5-18-15-8/h3,5,7,13H,2,4,6H2,1H3. The highest BCUT2D eigenvalue weighted by Crippen LogP contribution is 2.16. The van der Waals surface area contributed by atoms with Crippen molar-refractivity contribution >= 4 is 21.6 Å². The number of nitrogens with zero attached hydrogens (tertiary/aromatic N) is 3. The molecule has 0 radical (unpaired) electrons. The van der Waals surface area contributed by atoms with Crippen LogP contribution in [0, 0.1) is 0 Å². The lowest BCUT2D eigenvalue weighted by atomic mass is 10.4. The van der Waals surface area contributed by atoms with E-state index in [-0.39, 0.29) is 5.56 Å². The molecule has 2 rings (SSSR count). The molecule has 0 fully saturated rings. The van der Waals surface area contributed by atoms with Gasteiger partial charge in [-0.3, -0.25) is 4.79 Å². The normalized spacial score (nSPS) is 10.6. The molecule has 0 aliphatic rings. The van der Waals surface area contributed by atoms with Crippen molar-refractivity contribution in [2.45, 2.75) is 26.4 Å². The van der Waals surface area contributed by atoms with Crippen LogP contribution in [-0.4, -0.2) is 14.9 Å². The highest BCUT2D eigenvalue weighted by atomic mass is 79.9. The summed E-state index contributed by atoms with van der Waals surface area (Å²) in [5.74, 6) is 0. The minimum atomic E-state index is -0.137. The van der Waals surface area contributed by atoms with Gasteiger partial charge in [0.05, 0.1) is 18.4 Å². The fraction of sp³-hybridized carbons (Fsp3) is 0.364. The molecule has 6 nitrogen and oxygen atoms in total. The molecule has 0 aliphatic carbocycles. The van der Waals surface area contributed by atoms with E-state index in [0.29, 0.717) is 23.2 Å². The molecule has 0 saturated carbocycles. The molecule has 0 unspecified atom stereocenters. The number of aryl methyl sites for hydroxylation is 1. The zero-order valence-electron chi connectivity index (χ0n) is 9.89. The van der Waals surface area contributed by atoms with Crippen molar-refractivity contribution in [1.29, 1.82) is 0 Å². The van der Waals surface area contributed by atoms with Crippen LogP contribution in [0.25, 0.3) is 0 Å². The Morgan fingerprint density at radius 2 is 2.39 bits per heavy atom. The molecule has 2 heterocycles. The zero-order valence-corrected chi connectivity index (χ0v) is 11.5. The number of nitrogens with one attached hydrogen (secondary N) is 1. The Balaban J connectivity index is 2.14. The Morgan fingerprint density at radius 1 is 1.56 bits per heavy atom. The molecular weight excluding hydrogens is 300 g/mol. The number of aromatic nitrogens is 3. The van der Waals surface area contributed by atoms with Crippen LogP contribution >= 0.6 is 15.9 Å². The molecule has 2 aromatic heterocycles. The zero-order chi connectivity index (χ0) is 13.0. The molecule has 0 saturated heterocycles. The van der Waals surface area contributed by atoms with Crippen molar-refractivity contribution < 1.29 is 4.52 Å². The predicted octanol–water partition coefficient (Wildman–Crippen LogP) is 2.02. The van der Waals surface area contributed by atoms with Gasteiger partial charge >= 0.3 is 0 Å². The lowest BCUT2D eigenvalue weighted by Crippen LogP contribution is -2.24. The van der Waals surface area contributed by atoms with Crippen LogP contribution in [0.2, 0.25) is 0 Å². The van der Waals surface area contributed by atoms with Gasteiger partial charge in [0.1, 0.15) is 16.4 Å². The third-order valence-electron chi connectivity index (χ3n) is 2.37. The summed E-state index contributed by atoms with van der Waals surface area (Å²) < 4.78 is 6.64. The second-order valence-electron chi connectivity index (χ2n) is 3.74. The topological polar surface area (TPSA) is 73.0 Å². The van der Waals surface area contributed by atoms with Crippen LogP contribution in [0.3, 0.4) is 0 Å². The summed E-state index contributed by atoms with van der Waals surface area (Å²) in [6.07, 6.45) is 4.00. The van der Waals surface area contributed by atoms with E-state index in [1.165, 1.54) is 10.9 Å². The van der Waals surface area contributed by atoms with E-state index in [4.69, 9.17) is 4.52 Å². The van der Waals surface area contributed by atoms with E-state index >= 15 is 0 Å². The molecule has 1 N–H and O–H groups in total. The van der Waals surface area contributed by atoms with Gasteiger partial charge < -0.3 is 9.84 Å². The first-order valence-corrected chi connectivity index (χ1v) is 6.40. The average Bonchev–Trinajstić information content (AvgIpc) is 2.87. The Morgan fingerprint density at radius 3 is 3.06 bits per heavy atom. The number of hydrogen-bond donors (Lipinski definition) is 1. The number of anilines is 1. The van der Waals surface area contributed by atoms with E-state index in [0.717, 1.165) is 12.1 Å². The fourth-order valence-corrected chi connectivity index (χ4v) is 1.92. The molecule has 0 amide bonds. The van der Waals surface area contributed by atoms with Crippen LogP contribution in [0.15, 0.2) is 32.3 Å². The fourth-order valence-electron chi connectivity index (χ4n) is 1.47. The van der Waals surface area contributed by atoms with E-state index in [1.54, 1.807) is 12.3 Å². The van der Waals surface area contributed by atoms with Crippen molar-refractivity contribution in [1.82, 2.24) is 14.9 Å². The molecule has 0 bridgehead atoms. The summed E-state index contributed by atoms with van der Waals surface area (Å²) in [5.41, 5.74) is 1.27. The summed E-state index contributed by atoms with van der Waals surface area (Å²) in [6.45, 7) is 3.09. The predicted molar refractivity (Wildman–Crippen MR) is 70.3 cm³/mol. The van der Waals surface area contributed by atoms with Gasteiger partial charge in [-0.15, -0.1) is 0 Å². The van der Waals surface area contributed by atoms with Crippen molar-refractivity contribution in [3.05, 3.63) is 39.0 Å². The van der Waals surface area contributed by atoms with E-state index in [2.05, 4.69) is 31.5 Å². The average molecular weight is 313 g/mol. The van der Waals surface area contributed by atoms with E-state index in [1.807, 2.05) is 6.92 Å². The Kier molecular flexibility index (Phi) is 4.14. The molecular formula is C11H13BrN4O2. The minimum Gasteiger partial charge on any atom is -0.377 e. The first kappa shape index (κ1) is 12.8. The summed E-state index contributed by atoms with van der Waals surface area (Å²) in [7, 11) is 0. The molecule has 18 heavy (non-hydrogen) atoms. The SMILES string of the molecule is CCCn1ncc(NCc2ccon2)c(Br)c1=O. The van der Waals surface area contributed by atoms with E-state index in [9.17, 15) is 4.79 Å². The smallest absolute Gasteiger partial charge is 0.283 e. The van der Waals surface area contributed by atoms with Crippen molar-refractivity contribution in [3.8, 4) is 0 Å². The van der Waals surface area contributed by atoms with Crippen molar-refractivity contribution in [2.24, 2.45) is 0 Å². The van der Waals surface area contributed by atoms with Crippen LogP contribution < -0.4 is 10.9 Å². The molecule has 0 spiro atoms. The lowest BCUT2D eigenvalue weighted by molar-refractivity contribution is 0.412. The van der Waals surface area contributed by atoms with Gasteiger partial charge in [0.2, 0.25) is 0 Å². The maximum absolute atomic E-state index is 11.9. The van der Waals surface area contributed by atoms with Crippen LogP contribution in [0.5, 0.6) is 0 Å². The second kappa shape index (κ2) is 5.81.